The monoisotopic (exact) mass is 212 g/mol. The van der Waals surface area contributed by atoms with Gasteiger partial charge in [0, 0.05) is 23.7 Å². The van der Waals surface area contributed by atoms with E-state index in [0.29, 0.717) is 0 Å². The summed E-state index contributed by atoms with van der Waals surface area (Å²) < 4.78 is 25.8. The minimum absolute atomic E-state index is 0.0176. The molecule has 0 unspecified atom stereocenters. The fraction of sp³-hybridized carbons (Fsp3) is 0.100. The molecule has 0 saturated heterocycles. The molecule has 3 nitrogen and oxygen atoms in total. The van der Waals surface area contributed by atoms with Gasteiger partial charge in [-0.15, -0.1) is 0 Å². The third kappa shape index (κ3) is 3.05. The Kier molecular flexibility index (Phi) is 3.38. The van der Waals surface area contributed by atoms with Crippen LogP contribution in [0.15, 0.2) is 18.2 Å². The minimum atomic E-state index is -0.770. The Morgan fingerprint density at radius 1 is 1.40 bits per heavy atom. The molecule has 0 aliphatic heterocycles. The molecule has 80 valence electrons. The topological polar surface area (TPSA) is 69.1 Å². The molecule has 0 fully saturated rings. The van der Waals surface area contributed by atoms with Crippen LogP contribution in [0.1, 0.15) is 12.0 Å². The number of carbonyl (C=O) groups excluding carboxylic acids is 1. The van der Waals surface area contributed by atoms with Crippen molar-refractivity contribution in [1.29, 1.82) is 0 Å². The fourth-order valence-electron chi connectivity index (χ4n) is 1.07. The van der Waals surface area contributed by atoms with E-state index in [1.54, 1.807) is 0 Å². The van der Waals surface area contributed by atoms with E-state index in [9.17, 15) is 13.6 Å². The van der Waals surface area contributed by atoms with Crippen LogP contribution >= 0.6 is 0 Å². The van der Waals surface area contributed by atoms with Crippen molar-refractivity contribution in [3.63, 3.8) is 0 Å². The second kappa shape index (κ2) is 4.54. The number of benzene rings is 1. The van der Waals surface area contributed by atoms with Crippen molar-refractivity contribution in [3.8, 4) is 0 Å². The van der Waals surface area contributed by atoms with Gasteiger partial charge in [0.05, 0.1) is 0 Å². The number of amides is 1. The number of carbonyl (C=O) groups is 1. The number of nitrogens with two attached hydrogens (primary N) is 2. The predicted octanol–water partition coefficient (Wildman–Crippen LogP) is 1.44. The highest BCUT2D eigenvalue weighted by Crippen LogP contribution is 2.19. The minimum Gasteiger partial charge on any atom is -0.398 e. The van der Waals surface area contributed by atoms with Gasteiger partial charge >= 0.3 is 0 Å². The molecule has 0 radical (unpaired) electrons. The van der Waals surface area contributed by atoms with Crippen molar-refractivity contribution < 1.29 is 13.6 Å². The lowest BCUT2D eigenvalue weighted by atomic mass is 10.1. The zero-order valence-electron chi connectivity index (χ0n) is 7.84. The Labute approximate surface area is 85.4 Å². The molecule has 0 aliphatic carbocycles. The molecule has 1 amide bonds. The van der Waals surface area contributed by atoms with Crippen molar-refractivity contribution in [2.75, 3.05) is 5.73 Å². The van der Waals surface area contributed by atoms with Crippen LogP contribution in [0.5, 0.6) is 0 Å². The van der Waals surface area contributed by atoms with E-state index >= 15 is 0 Å². The van der Waals surface area contributed by atoms with Crippen molar-refractivity contribution in [3.05, 3.63) is 35.4 Å². The fourth-order valence-corrected chi connectivity index (χ4v) is 1.07. The van der Waals surface area contributed by atoms with E-state index in [2.05, 4.69) is 0 Å². The Balaban J connectivity index is 2.94. The molecule has 15 heavy (non-hydrogen) atoms. The molecule has 1 aromatic carbocycles. The number of hydrogen-bond donors (Lipinski definition) is 2. The third-order valence-electron chi connectivity index (χ3n) is 1.73. The van der Waals surface area contributed by atoms with Gasteiger partial charge in [0.2, 0.25) is 5.91 Å². The maximum atomic E-state index is 13.1. The first-order valence-corrected chi connectivity index (χ1v) is 4.20. The van der Waals surface area contributed by atoms with Gasteiger partial charge in [-0.05, 0) is 6.07 Å². The Hall–Kier alpha value is -1.91. The standard InChI is InChI=1S/C10H10F2N2O/c11-6-4-8(12)7(9(13)5-6)2-1-3-10(14)15/h1-2,4-5H,3,13H2,(H2,14,15). The molecular formula is C10H10F2N2O. The van der Waals surface area contributed by atoms with Crippen molar-refractivity contribution in [1.82, 2.24) is 0 Å². The summed E-state index contributed by atoms with van der Waals surface area (Å²) in [6, 6.07) is 1.73. The number of nitrogen functional groups attached to an aromatic ring is 1. The molecule has 0 aliphatic rings. The molecule has 0 spiro atoms. The second-order valence-electron chi connectivity index (χ2n) is 2.96. The highest BCUT2D eigenvalue weighted by atomic mass is 19.1. The van der Waals surface area contributed by atoms with Crippen molar-refractivity contribution in [2.45, 2.75) is 6.42 Å². The molecule has 5 heteroatoms. The van der Waals surface area contributed by atoms with Gasteiger partial charge in [-0.2, -0.15) is 0 Å². The number of hydrogen-bond acceptors (Lipinski definition) is 2. The zero-order valence-corrected chi connectivity index (χ0v) is 7.84. The van der Waals surface area contributed by atoms with E-state index in [0.717, 1.165) is 12.1 Å². The quantitative estimate of drug-likeness (QED) is 0.744. The highest BCUT2D eigenvalue weighted by molar-refractivity contribution is 5.77. The largest absolute Gasteiger partial charge is 0.398 e. The van der Waals surface area contributed by atoms with E-state index in [1.165, 1.54) is 12.2 Å². The molecule has 0 bridgehead atoms. The van der Waals surface area contributed by atoms with Crippen LogP contribution in [0.3, 0.4) is 0 Å². The second-order valence-corrected chi connectivity index (χ2v) is 2.96. The Bertz CT molecular complexity index is 393. The summed E-state index contributed by atoms with van der Waals surface area (Å²) in [5, 5.41) is 0. The molecule has 1 aromatic rings. The predicted molar refractivity (Wildman–Crippen MR) is 53.6 cm³/mol. The van der Waals surface area contributed by atoms with Gasteiger partial charge in [-0.25, -0.2) is 8.78 Å². The lowest BCUT2D eigenvalue weighted by Crippen LogP contribution is -2.08. The van der Waals surface area contributed by atoms with Gasteiger partial charge in [-0.1, -0.05) is 12.2 Å². The first kappa shape index (κ1) is 11.2. The van der Waals surface area contributed by atoms with Gasteiger partial charge in [0.1, 0.15) is 11.6 Å². The van der Waals surface area contributed by atoms with Gasteiger partial charge < -0.3 is 11.5 Å². The molecule has 0 heterocycles. The van der Waals surface area contributed by atoms with Gasteiger partial charge in [-0.3, -0.25) is 4.79 Å². The Morgan fingerprint density at radius 2 is 2.07 bits per heavy atom. The number of rotatable bonds is 3. The average Bonchev–Trinajstić information content (AvgIpc) is 2.08. The van der Waals surface area contributed by atoms with Gasteiger partial charge in [0.15, 0.2) is 0 Å². The van der Waals surface area contributed by atoms with Crippen LogP contribution < -0.4 is 11.5 Å². The van der Waals surface area contributed by atoms with E-state index in [-0.39, 0.29) is 17.7 Å². The summed E-state index contributed by atoms with van der Waals surface area (Å²) in [5.41, 5.74) is 10.3. The molecule has 4 N–H and O–H groups in total. The van der Waals surface area contributed by atoms with Crippen LogP contribution in [0, 0.1) is 11.6 Å². The summed E-state index contributed by atoms with van der Waals surface area (Å²) in [4.78, 5) is 10.4. The summed E-state index contributed by atoms with van der Waals surface area (Å²) in [6.45, 7) is 0. The van der Waals surface area contributed by atoms with E-state index in [1.807, 2.05) is 0 Å². The molecule has 1 rings (SSSR count). The summed E-state index contributed by atoms with van der Waals surface area (Å²) in [7, 11) is 0. The van der Waals surface area contributed by atoms with Crippen molar-refractivity contribution >= 4 is 17.7 Å². The van der Waals surface area contributed by atoms with Crippen LogP contribution in [-0.4, -0.2) is 5.91 Å². The highest BCUT2D eigenvalue weighted by Gasteiger charge is 2.05. The first-order valence-electron chi connectivity index (χ1n) is 4.20. The number of primary amides is 1. The van der Waals surface area contributed by atoms with Crippen LogP contribution in [0.25, 0.3) is 6.08 Å². The number of anilines is 1. The smallest absolute Gasteiger partial charge is 0.221 e. The maximum absolute atomic E-state index is 13.1. The normalized spacial score (nSPS) is 10.8. The van der Waals surface area contributed by atoms with Gasteiger partial charge in [0.25, 0.3) is 0 Å². The lowest BCUT2D eigenvalue weighted by molar-refractivity contribution is -0.117. The zero-order chi connectivity index (χ0) is 11.4. The Morgan fingerprint density at radius 3 is 2.60 bits per heavy atom. The van der Waals surface area contributed by atoms with Crippen molar-refractivity contribution in [2.24, 2.45) is 5.73 Å². The first-order chi connectivity index (χ1) is 7.00. The molecule has 0 saturated carbocycles. The lowest BCUT2D eigenvalue weighted by Gasteiger charge is -2.02. The molecule has 0 atom stereocenters. The summed E-state index contributed by atoms with van der Waals surface area (Å²) >= 11 is 0. The van der Waals surface area contributed by atoms with Crippen LogP contribution in [0.4, 0.5) is 14.5 Å². The average molecular weight is 212 g/mol. The summed E-state index contributed by atoms with van der Waals surface area (Å²) in [5.74, 6) is -2.04. The van der Waals surface area contributed by atoms with E-state index in [4.69, 9.17) is 11.5 Å². The van der Waals surface area contributed by atoms with Crippen LogP contribution in [0.2, 0.25) is 0 Å². The number of halogens is 2. The maximum Gasteiger partial charge on any atom is 0.221 e. The SMILES string of the molecule is NC(=O)CC=Cc1c(N)cc(F)cc1F. The molecular weight excluding hydrogens is 202 g/mol. The van der Waals surface area contributed by atoms with E-state index < -0.39 is 17.5 Å². The van der Waals surface area contributed by atoms with Crippen LogP contribution in [-0.2, 0) is 4.79 Å². The summed E-state index contributed by atoms with van der Waals surface area (Å²) in [6.07, 6.45) is 2.65. The third-order valence-corrected chi connectivity index (χ3v) is 1.73. The molecule has 0 aromatic heterocycles.